The molecule has 2 heterocycles. The van der Waals surface area contributed by atoms with E-state index in [2.05, 4.69) is 144 Å². The first kappa shape index (κ1) is 25.6. The van der Waals surface area contributed by atoms with Gasteiger partial charge in [-0.2, -0.15) is 0 Å². The molecule has 8 rings (SSSR count). The highest BCUT2D eigenvalue weighted by molar-refractivity contribution is 5.94. The molecule has 1 aromatic heterocycles. The van der Waals surface area contributed by atoms with E-state index in [1.807, 2.05) is 18.6 Å². The summed E-state index contributed by atoms with van der Waals surface area (Å²) < 4.78 is 0. The molecule has 2 aliphatic carbocycles. The van der Waals surface area contributed by atoms with Crippen LogP contribution in [0.2, 0.25) is 0 Å². The first-order chi connectivity index (χ1) is 21.2. The summed E-state index contributed by atoms with van der Waals surface area (Å²) in [5, 5.41) is 5.17. The van der Waals surface area contributed by atoms with Crippen LogP contribution < -0.4 is 10.4 Å². The highest BCUT2D eigenvalue weighted by atomic mass is 14.7. The third-order valence-corrected chi connectivity index (χ3v) is 9.29. The fourth-order valence-corrected chi connectivity index (χ4v) is 7.21. The van der Waals surface area contributed by atoms with Crippen LogP contribution in [-0.4, -0.2) is 11.2 Å². The standard InChI is InChI=1S/C41H32N2/c1-27-8-7-13-38-39(27)41(29-9-3-2-4-10-29)37-12-6-5-11-36(37)40(38)33-17-16-30-22-32(15-14-31(30)23-33)35-24-34(25-43-26-35)28-18-20-42-21-19-28/h2-23,25-27,34,39H,24H2,1H3. The van der Waals surface area contributed by atoms with Crippen molar-refractivity contribution in [2.24, 2.45) is 16.8 Å². The maximum absolute atomic E-state index is 4.62. The summed E-state index contributed by atoms with van der Waals surface area (Å²) in [6.07, 6.45) is 15.7. The molecule has 0 fully saturated rings. The summed E-state index contributed by atoms with van der Waals surface area (Å²) >= 11 is 0. The van der Waals surface area contributed by atoms with Crippen LogP contribution >= 0.6 is 0 Å². The molecule has 2 nitrogen and oxygen atoms in total. The number of hydrogen-bond acceptors (Lipinski definition) is 2. The Morgan fingerprint density at radius 2 is 1.42 bits per heavy atom. The van der Waals surface area contributed by atoms with Gasteiger partial charge in [-0.05, 0) is 102 Å². The van der Waals surface area contributed by atoms with Gasteiger partial charge in [0.15, 0.2) is 0 Å². The number of benzene rings is 4. The van der Waals surface area contributed by atoms with E-state index in [9.17, 15) is 0 Å². The van der Waals surface area contributed by atoms with Gasteiger partial charge in [0.1, 0.15) is 0 Å². The summed E-state index contributed by atoms with van der Waals surface area (Å²) in [5.41, 5.74) is 10.5. The predicted octanol–water partition coefficient (Wildman–Crippen LogP) is 7.99. The molecule has 0 saturated carbocycles. The summed E-state index contributed by atoms with van der Waals surface area (Å²) in [6, 6.07) is 38.0. The van der Waals surface area contributed by atoms with Gasteiger partial charge < -0.3 is 0 Å². The van der Waals surface area contributed by atoms with Gasteiger partial charge in [-0.3, -0.25) is 9.98 Å². The lowest BCUT2D eigenvalue weighted by molar-refractivity contribution is 0.597. The average molecular weight is 553 g/mol. The van der Waals surface area contributed by atoms with Crippen LogP contribution in [0.1, 0.15) is 41.5 Å². The van der Waals surface area contributed by atoms with Gasteiger partial charge in [-0.25, -0.2) is 0 Å². The molecule has 3 aliphatic rings. The van der Waals surface area contributed by atoms with E-state index < -0.39 is 0 Å². The quantitative estimate of drug-likeness (QED) is 0.222. The molecular weight excluding hydrogens is 520 g/mol. The molecule has 0 saturated heterocycles. The molecule has 2 heteroatoms. The van der Waals surface area contributed by atoms with Gasteiger partial charge >= 0.3 is 0 Å². The molecule has 0 radical (unpaired) electrons. The first-order valence-electron chi connectivity index (χ1n) is 15.2. The number of pyridine rings is 1. The second kappa shape index (κ2) is 10.6. The molecule has 0 N–H and O–H groups in total. The molecule has 3 atom stereocenters. The van der Waals surface area contributed by atoms with Crippen molar-refractivity contribution < 1.29 is 0 Å². The van der Waals surface area contributed by atoms with Crippen LogP contribution in [0.25, 0.3) is 27.5 Å². The van der Waals surface area contributed by atoms with Crippen molar-refractivity contribution in [2.75, 3.05) is 0 Å². The van der Waals surface area contributed by atoms with Gasteiger partial charge in [-0.1, -0.05) is 104 Å². The fourth-order valence-electron chi connectivity index (χ4n) is 7.21. The van der Waals surface area contributed by atoms with Gasteiger partial charge in [0, 0.05) is 36.6 Å². The van der Waals surface area contributed by atoms with Crippen LogP contribution in [0.3, 0.4) is 0 Å². The Hall–Kier alpha value is -5.08. The highest BCUT2D eigenvalue weighted by Gasteiger charge is 2.33. The number of nitrogens with zero attached hydrogens (tertiary/aromatic N) is 2. The van der Waals surface area contributed by atoms with E-state index in [0.29, 0.717) is 11.8 Å². The number of fused-ring (bicyclic) bond motifs is 3. The molecular formula is C41H32N2. The van der Waals surface area contributed by atoms with Gasteiger partial charge in [0.05, 0.1) is 0 Å². The third-order valence-electron chi connectivity index (χ3n) is 9.29. The minimum absolute atomic E-state index is 0.273. The van der Waals surface area contributed by atoms with Crippen LogP contribution in [0.4, 0.5) is 0 Å². The lowest BCUT2D eigenvalue weighted by Gasteiger charge is -2.35. The zero-order valence-electron chi connectivity index (χ0n) is 24.2. The normalized spacial score (nSPS) is 20.8. The SMILES string of the molecule is CC1C=CC=C2C(c3ccc4cc(C5=CN=CC(c6ccncc6)C5)ccc4c3)=c3ccccc3=C(c3ccccc3)C21. The van der Waals surface area contributed by atoms with Gasteiger partial charge in [0.2, 0.25) is 0 Å². The van der Waals surface area contributed by atoms with Gasteiger partial charge in [0.25, 0.3) is 0 Å². The first-order valence-corrected chi connectivity index (χ1v) is 15.2. The van der Waals surface area contributed by atoms with Crippen LogP contribution in [0, 0.1) is 11.8 Å². The van der Waals surface area contributed by atoms with Crippen LogP contribution in [-0.2, 0) is 0 Å². The smallest absolute Gasteiger partial charge is 0.0302 e. The van der Waals surface area contributed by atoms with Crippen molar-refractivity contribution >= 4 is 33.7 Å². The molecule has 3 unspecified atom stereocenters. The molecule has 5 aromatic rings. The molecule has 0 spiro atoms. The van der Waals surface area contributed by atoms with E-state index in [-0.39, 0.29) is 5.92 Å². The monoisotopic (exact) mass is 552 g/mol. The van der Waals surface area contributed by atoms with Crippen molar-refractivity contribution in [3.8, 4) is 0 Å². The van der Waals surface area contributed by atoms with Crippen molar-refractivity contribution in [3.63, 3.8) is 0 Å². The molecule has 1 aliphatic heterocycles. The van der Waals surface area contributed by atoms with E-state index in [1.54, 1.807) is 0 Å². The number of hydrogen-bond donors (Lipinski definition) is 0. The van der Waals surface area contributed by atoms with Crippen molar-refractivity contribution in [3.05, 3.63) is 178 Å². The summed E-state index contributed by atoms with van der Waals surface area (Å²) in [5.74, 6) is 0.987. The fraction of sp³-hybridized carbons (Fsp3) is 0.122. The van der Waals surface area contributed by atoms with E-state index in [1.165, 1.54) is 65.8 Å². The number of aliphatic imine (C=N–C) groups is 1. The van der Waals surface area contributed by atoms with Crippen molar-refractivity contribution in [1.82, 2.24) is 4.98 Å². The van der Waals surface area contributed by atoms with Crippen LogP contribution in [0.15, 0.2) is 151 Å². The summed E-state index contributed by atoms with van der Waals surface area (Å²) in [4.78, 5) is 8.80. The van der Waals surface area contributed by atoms with Gasteiger partial charge in [-0.15, -0.1) is 0 Å². The Morgan fingerprint density at radius 3 is 2.23 bits per heavy atom. The molecule has 0 amide bonds. The molecule has 43 heavy (non-hydrogen) atoms. The largest absolute Gasteiger partial charge is 0.268 e. The highest BCUT2D eigenvalue weighted by Crippen LogP contribution is 2.43. The van der Waals surface area contributed by atoms with Crippen molar-refractivity contribution in [2.45, 2.75) is 19.3 Å². The zero-order chi connectivity index (χ0) is 28.8. The minimum Gasteiger partial charge on any atom is -0.268 e. The van der Waals surface area contributed by atoms with E-state index in [4.69, 9.17) is 0 Å². The molecule has 4 aromatic carbocycles. The maximum atomic E-state index is 4.62. The number of rotatable bonds is 4. The Balaban J connectivity index is 1.24. The van der Waals surface area contributed by atoms with Crippen molar-refractivity contribution in [1.29, 1.82) is 0 Å². The van der Waals surface area contributed by atoms with Crippen LogP contribution in [0.5, 0.6) is 0 Å². The molecule has 0 bridgehead atoms. The van der Waals surface area contributed by atoms with E-state index >= 15 is 0 Å². The predicted molar refractivity (Wildman–Crippen MR) is 179 cm³/mol. The lowest BCUT2D eigenvalue weighted by atomic mass is 9.68. The Bertz CT molecular complexity index is 2110. The topological polar surface area (TPSA) is 25.2 Å². The Morgan fingerprint density at radius 1 is 0.698 bits per heavy atom. The summed E-state index contributed by atoms with van der Waals surface area (Å²) in [6.45, 7) is 2.35. The maximum Gasteiger partial charge on any atom is 0.0302 e. The van der Waals surface area contributed by atoms with E-state index in [0.717, 1.165) is 6.42 Å². The average Bonchev–Trinajstić information content (AvgIpc) is 3.08. The Kier molecular flexibility index (Phi) is 6.34. The second-order valence-electron chi connectivity index (χ2n) is 11.9. The third kappa shape index (κ3) is 4.51. The summed E-state index contributed by atoms with van der Waals surface area (Å²) in [7, 11) is 0. The zero-order valence-corrected chi connectivity index (χ0v) is 24.2. The Labute approximate surface area is 252 Å². The number of allylic oxidation sites excluding steroid dienone is 5. The lowest BCUT2D eigenvalue weighted by Crippen LogP contribution is -2.39. The number of aromatic nitrogens is 1. The second-order valence-corrected chi connectivity index (χ2v) is 11.9. The minimum atomic E-state index is 0.273. The molecule has 206 valence electrons.